The van der Waals surface area contributed by atoms with Gasteiger partial charge in [0, 0.05) is 0 Å². The van der Waals surface area contributed by atoms with Gasteiger partial charge in [-0.3, -0.25) is 4.79 Å². The fourth-order valence-corrected chi connectivity index (χ4v) is 2.44. The SMILES string of the molecule is COc1ccccc1N[C@H](NC(=O)Cc1ccccc1)C(Cl)(Cl)Cl. The third-order valence-electron chi connectivity index (χ3n) is 3.25. The normalized spacial score (nSPS) is 12.3. The Kier molecular flexibility index (Phi) is 6.60. The average Bonchev–Trinajstić information content (AvgIpc) is 2.54. The van der Waals surface area contributed by atoms with Gasteiger partial charge in [-0.05, 0) is 17.7 Å². The van der Waals surface area contributed by atoms with Gasteiger partial charge in [0.1, 0.15) is 11.9 Å². The molecule has 128 valence electrons. The van der Waals surface area contributed by atoms with Crippen LogP contribution in [0.1, 0.15) is 5.56 Å². The molecule has 0 bridgehead atoms. The molecule has 2 aromatic carbocycles. The van der Waals surface area contributed by atoms with Crippen LogP contribution in [-0.2, 0) is 11.2 Å². The lowest BCUT2D eigenvalue weighted by Gasteiger charge is -2.28. The minimum absolute atomic E-state index is 0.186. The van der Waals surface area contributed by atoms with Crippen molar-refractivity contribution in [1.82, 2.24) is 5.32 Å². The summed E-state index contributed by atoms with van der Waals surface area (Å²) in [5.74, 6) is 0.314. The number of hydrogen-bond donors (Lipinski definition) is 2. The molecule has 7 heteroatoms. The summed E-state index contributed by atoms with van der Waals surface area (Å²) >= 11 is 18.0. The number of carbonyl (C=O) groups excluding carboxylic acids is 1. The van der Waals surface area contributed by atoms with E-state index in [-0.39, 0.29) is 12.3 Å². The maximum Gasteiger partial charge on any atom is 0.228 e. The lowest BCUT2D eigenvalue weighted by molar-refractivity contribution is -0.120. The predicted octanol–water partition coefficient (Wildman–Crippen LogP) is 4.16. The summed E-state index contributed by atoms with van der Waals surface area (Å²) < 4.78 is 3.51. The first kappa shape index (κ1) is 18.7. The maximum atomic E-state index is 12.3. The molecule has 0 aromatic heterocycles. The second-order valence-electron chi connectivity index (χ2n) is 5.05. The van der Waals surface area contributed by atoms with Crippen LogP contribution in [-0.4, -0.2) is 23.0 Å². The molecule has 4 nitrogen and oxygen atoms in total. The number of alkyl halides is 3. The quantitative estimate of drug-likeness (QED) is 0.578. The van der Waals surface area contributed by atoms with E-state index in [2.05, 4.69) is 10.6 Å². The van der Waals surface area contributed by atoms with Crippen LogP contribution in [0.5, 0.6) is 5.75 Å². The molecule has 0 radical (unpaired) electrons. The van der Waals surface area contributed by atoms with Crippen molar-refractivity contribution in [3.8, 4) is 5.75 Å². The zero-order valence-corrected chi connectivity index (χ0v) is 15.2. The molecule has 1 atom stereocenters. The van der Waals surface area contributed by atoms with Gasteiger partial charge in [0.2, 0.25) is 9.70 Å². The van der Waals surface area contributed by atoms with Crippen molar-refractivity contribution >= 4 is 46.4 Å². The van der Waals surface area contributed by atoms with Crippen molar-refractivity contribution in [3.05, 3.63) is 60.2 Å². The highest BCUT2D eigenvalue weighted by Gasteiger charge is 2.34. The van der Waals surface area contributed by atoms with Crippen LogP contribution >= 0.6 is 34.8 Å². The first-order valence-corrected chi connectivity index (χ1v) is 8.33. The van der Waals surface area contributed by atoms with E-state index in [0.29, 0.717) is 11.4 Å². The fourth-order valence-electron chi connectivity index (χ4n) is 2.11. The van der Waals surface area contributed by atoms with Gasteiger partial charge in [-0.1, -0.05) is 77.3 Å². The van der Waals surface area contributed by atoms with E-state index in [0.717, 1.165) is 5.56 Å². The van der Waals surface area contributed by atoms with Gasteiger partial charge in [0.25, 0.3) is 0 Å². The number of para-hydroxylation sites is 2. The van der Waals surface area contributed by atoms with Crippen molar-refractivity contribution in [2.24, 2.45) is 0 Å². The van der Waals surface area contributed by atoms with Crippen LogP contribution in [0, 0.1) is 0 Å². The van der Waals surface area contributed by atoms with Gasteiger partial charge in [0.15, 0.2) is 0 Å². The van der Waals surface area contributed by atoms with Crippen LogP contribution < -0.4 is 15.4 Å². The number of carbonyl (C=O) groups is 1. The number of ether oxygens (including phenoxy) is 1. The van der Waals surface area contributed by atoms with Crippen LogP contribution in [0.2, 0.25) is 0 Å². The molecule has 0 saturated carbocycles. The molecule has 0 aliphatic rings. The molecular weight excluding hydrogens is 371 g/mol. The van der Waals surface area contributed by atoms with E-state index < -0.39 is 9.96 Å². The summed E-state index contributed by atoms with van der Waals surface area (Å²) in [6.07, 6.45) is -0.735. The van der Waals surface area contributed by atoms with Gasteiger partial charge in [-0.2, -0.15) is 0 Å². The number of hydrogen-bond acceptors (Lipinski definition) is 3. The summed E-state index contributed by atoms with van der Waals surface area (Å²) in [5.41, 5.74) is 1.48. The Morgan fingerprint density at radius 2 is 1.71 bits per heavy atom. The van der Waals surface area contributed by atoms with E-state index in [9.17, 15) is 4.79 Å². The van der Waals surface area contributed by atoms with Crippen LogP contribution in [0.3, 0.4) is 0 Å². The molecule has 24 heavy (non-hydrogen) atoms. The number of anilines is 1. The number of halogens is 3. The van der Waals surface area contributed by atoms with Crippen molar-refractivity contribution < 1.29 is 9.53 Å². The first-order valence-electron chi connectivity index (χ1n) is 7.19. The van der Waals surface area contributed by atoms with E-state index >= 15 is 0 Å². The molecule has 0 aliphatic carbocycles. The Morgan fingerprint density at radius 1 is 1.08 bits per heavy atom. The number of nitrogens with one attached hydrogen (secondary N) is 2. The Balaban J connectivity index is 2.10. The van der Waals surface area contributed by atoms with Crippen LogP contribution in [0.25, 0.3) is 0 Å². The van der Waals surface area contributed by atoms with Gasteiger partial charge in [0.05, 0.1) is 19.2 Å². The average molecular weight is 388 g/mol. The monoisotopic (exact) mass is 386 g/mol. The third-order valence-corrected chi connectivity index (χ3v) is 3.90. The van der Waals surface area contributed by atoms with Crippen LogP contribution in [0.4, 0.5) is 5.69 Å². The molecular formula is C17H17Cl3N2O2. The second kappa shape index (κ2) is 8.47. The maximum absolute atomic E-state index is 12.3. The summed E-state index contributed by atoms with van der Waals surface area (Å²) in [5, 5.41) is 5.71. The lowest BCUT2D eigenvalue weighted by Crippen LogP contribution is -2.49. The molecule has 2 aromatic rings. The number of amides is 1. The van der Waals surface area contributed by atoms with Gasteiger partial charge >= 0.3 is 0 Å². The number of rotatable bonds is 6. The molecule has 0 unspecified atom stereocenters. The molecule has 0 fully saturated rings. The van der Waals surface area contributed by atoms with Gasteiger partial charge < -0.3 is 15.4 Å². The second-order valence-corrected chi connectivity index (χ2v) is 7.42. The smallest absolute Gasteiger partial charge is 0.228 e. The number of benzene rings is 2. The highest BCUT2D eigenvalue weighted by Crippen LogP contribution is 2.33. The summed E-state index contributed by atoms with van der Waals surface area (Å²) in [6.45, 7) is 0. The topological polar surface area (TPSA) is 50.4 Å². The number of methoxy groups -OCH3 is 1. The van der Waals surface area contributed by atoms with Gasteiger partial charge in [-0.25, -0.2) is 0 Å². The summed E-state index contributed by atoms with van der Waals surface area (Å²) in [7, 11) is 1.54. The highest BCUT2D eigenvalue weighted by molar-refractivity contribution is 6.68. The first-order chi connectivity index (χ1) is 11.4. The molecule has 0 spiro atoms. The van der Waals surface area contributed by atoms with Gasteiger partial charge in [-0.15, -0.1) is 0 Å². The minimum Gasteiger partial charge on any atom is -0.495 e. The van der Waals surface area contributed by atoms with Crippen LogP contribution in [0.15, 0.2) is 54.6 Å². The Labute approximate surface area is 156 Å². The van der Waals surface area contributed by atoms with E-state index in [1.807, 2.05) is 42.5 Å². The zero-order valence-electron chi connectivity index (χ0n) is 12.9. The standard InChI is InChI=1S/C17H17Cl3N2O2/c1-24-14-10-6-5-9-13(14)21-16(17(18,19)20)22-15(23)11-12-7-3-2-4-8-12/h2-10,16,21H,11H2,1H3,(H,22,23)/t16-/m1/s1. The van der Waals surface area contributed by atoms with E-state index in [1.54, 1.807) is 19.2 Å². The minimum atomic E-state index is -1.74. The predicted molar refractivity (Wildman–Crippen MR) is 99.0 cm³/mol. The Bertz CT molecular complexity index is 675. The molecule has 2 N–H and O–H groups in total. The van der Waals surface area contributed by atoms with Crippen molar-refractivity contribution in [2.45, 2.75) is 16.4 Å². The molecule has 2 rings (SSSR count). The molecule has 0 saturated heterocycles. The van der Waals surface area contributed by atoms with E-state index in [1.165, 1.54) is 0 Å². The van der Waals surface area contributed by atoms with Crippen molar-refractivity contribution in [3.63, 3.8) is 0 Å². The Morgan fingerprint density at radius 3 is 2.33 bits per heavy atom. The summed E-state index contributed by atoms with van der Waals surface area (Å²) in [4.78, 5) is 12.3. The largest absolute Gasteiger partial charge is 0.495 e. The van der Waals surface area contributed by atoms with Crippen molar-refractivity contribution in [2.75, 3.05) is 12.4 Å². The zero-order chi connectivity index (χ0) is 17.6. The fraction of sp³-hybridized carbons (Fsp3) is 0.235. The molecule has 0 heterocycles. The highest BCUT2D eigenvalue weighted by atomic mass is 35.6. The lowest BCUT2D eigenvalue weighted by atomic mass is 10.1. The molecule has 1 amide bonds. The molecule has 0 aliphatic heterocycles. The third kappa shape index (κ3) is 5.48. The van der Waals surface area contributed by atoms with Crippen molar-refractivity contribution in [1.29, 1.82) is 0 Å². The Hall–Kier alpha value is -1.62. The van der Waals surface area contributed by atoms with E-state index in [4.69, 9.17) is 39.5 Å². The summed E-state index contributed by atoms with van der Waals surface area (Å²) in [6, 6.07) is 16.5.